The average Bonchev–Trinajstić information content (AvgIpc) is 2.16. The Balaban J connectivity index is 1.75. The summed E-state index contributed by atoms with van der Waals surface area (Å²) in [6, 6.07) is 8.70. The number of rotatable bonds is 4. The van der Waals surface area contributed by atoms with Crippen molar-refractivity contribution in [1.82, 2.24) is 4.90 Å². The van der Waals surface area contributed by atoms with Crippen LogP contribution in [0.5, 0.6) is 0 Å². The summed E-state index contributed by atoms with van der Waals surface area (Å²) in [6.07, 6.45) is 1.12. The molecule has 1 aliphatic rings. The largest absolute Gasteiger partial charge is 0.396 e. The van der Waals surface area contributed by atoms with Crippen molar-refractivity contribution in [2.45, 2.75) is 13.3 Å². The molecule has 2 nitrogen and oxygen atoms in total. The fraction of sp³-hybridized carbons (Fsp3) is 0.538. The van der Waals surface area contributed by atoms with Gasteiger partial charge in [0.2, 0.25) is 0 Å². The lowest BCUT2D eigenvalue weighted by Crippen LogP contribution is -2.48. The van der Waals surface area contributed by atoms with Crippen LogP contribution in [0.15, 0.2) is 24.3 Å². The van der Waals surface area contributed by atoms with Crippen LogP contribution in [-0.2, 0) is 6.42 Å². The minimum Gasteiger partial charge on any atom is -0.396 e. The first-order valence-corrected chi connectivity index (χ1v) is 5.66. The van der Waals surface area contributed by atoms with Crippen LogP contribution in [-0.4, -0.2) is 36.2 Å². The third-order valence-electron chi connectivity index (χ3n) is 3.09. The Hall–Kier alpha value is -0.860. The van der Waals surface area contributed by atoms with E-state index in [1.807, 2.05) is 0 Å². The second kappa shape index (κ2) is 4.77. The maximum absolute atomic E-state index is 8.90. The van der Waals surface area contributed by atoms with Crippen molar-refractivity contribution in [1.29, 1.82) is 0 Å². The number of hydrogen-bond donors (Lipinski definition) is 1. The maximum Gasteiger partial charge on any atom is 0.0483 e. The highest BCUT2D eigenvalue weighted by Gasteiger charge is 2.24. The van der Waals surface area contributed by atoms with Crippen LogP contribution in [0.2, 0.25) is 0 Å². The van der Waals surface area contributed by atoms with Gasteiger partial charge in [-0.3, -0.25) is 0 Å². The number of nitrogens with zero attached hydrogens (tertiary/aromatic N) is 1. The number of aliphatic hydroxyl groups excluding tert-OH is 1. The zero-order valence-electron chi connectivity index (χ0n) is 9.32. The Morgan fingerprint density at radius 1 is 1.40 bits per heavy atom. The number of likely N-dealkylation sites (tertiary alicyclic amines) is 1. The lowest BCUT2D eigenvalue weighted by atomic mass is 10.0. The van der Waals surface area contributed by atoms with Crippen molar-refractivity contribution < 1.29 is 5.11 Å². The van der Waals surface area contributed by atoms with Gasteiger partial charge in [-0.05, 0) is 18.9 Å². The molecule has 82 valence electrons. The second-order valence-corrected chi connectivity index (χ2v) is 4.55. The van der Waals surface area contributed by atoms with E-state index in [4.69, 9.17) is 5.11 Å². The molecular formula is C13H19NO. The summed E-state index contributed by atoms with van der Waals surface area (Å²) >= 11 is 0. The summed E-state index contributed by atoms with van der Waals surface area (Å²) < 4.78 is 0. The first-order chi connectivity index (χ1) is 7.28. The van der Waals surface area contributed by atoms with Gasteiger partial charge in [-0.1, -0.05) is 29.8 Å². The molecule has 0 radical (unpaired) electrons. The zero-order valence-corrected chi connectivity index (χ0v) is 9.32. The Morgan fingerprint density at radius 3 is 2.87 bits per heavy atom. The van der Waals surface area contributed by atoms with E-state index in [9.17, 15) is 0 Å². The first-order valence-electron chi connectivity index (χ1n) is 5.66. The number of hydrogen-bond acceptors (Lipinski definition) is 2. The molecule has 0 amide bonds. The van der Waals surface area contributed by atoms with Gasteiger partial charge in [-0.2, -0.15) is 0 Å². The van der Waals surface area contributed by atoms with Gasteiger partial charge < -0.3 is 10.0 Å². The van der Waals surface area contributed by atoms with Crippen LogP contribution in [0, 0.1) is 12.8 Å². The molecule has 1 saturated heterocycles. The molecule has 1 aromatic carbocycles. The van der Waals surface area contributed by atoms with Gasteiger partial charge in [0.05, 0.1) is 0 Å². The molecule has 0 spiro atoms. The Bertz CT molecular complexity index is 318. The zero-order chi connectivity index (χ0) is 10.7. The Labute approximate surface area is 91.5 Å². The highest BCUT2D eigenvalue weighted by molar-refractivity contribution is 5.22. The van der Waals surface area contributed by atoms with Crippen LogP contribution >= 0.6 is 0 Å². The molecule has 1 heterocycles. The standard InChI is InChI=1S/C13H19NO/c1-11-3-2-4-12(7-11)5-6-14-8-13(9-14)10-15/h2-4,7,13,15H,5-6,8-10H2,1H3. The monoisotopic (exact) mass is 205 g/mol. The molecule has 1 N–H and O–H groups in total. The molecule has 0 atom stereocenters. The molecule has 0 aromatic heterocycles. The van der Waals surface area contributed by atoms with Crippen molar-refractivity contribution in [2.75, 3.05) is 26.2 Å². The molecule has 15 heavy (non-hydrogen) atoms. The molecule has 1 aliphatic heterocycles. The van der Waals surface area contributed by atoms with E-state index in [2.05, 4.69) is 36.1 Å². The summed E-state index contributed by atoms with van der Waals surface area (Å²) in [5.41, 5.74) is 2.76. The minimum absolute atomic E-state index is 0.348. The van der Waals surface area contributed by atoms with Gasteiger partial charge in [0.25, 0.3) is 0 Å². The molecule has 1 aromatic rings. The Morgan fingerprint density at radius 2 is 2.20 bits per heavy atom. The van der Waals surface area contributed by atoms with E-state index in [0.29, 0.717) is 12.5 Å². The average molecular weight is 205 g/mol. The predicted octanol–water partition coefficient (Wildman–Crippen LogP) is 1.46. The van der Waals surface area contributed by atoms with Crippen molar-refractivity contribution >= 4 is 0 Å². The van der Waals surface area contributed by atoms with E-state index in [1.54, 1.807) is 0 Å². The molecule has 0 aliphatic carbocycles. The number of aryl methyl sites for hydroxylation is 1. The fourth-order valence-corrected chi connectivity index (χ4v) is 2.13. The highest BCUT2D eigenvalue weighted by Crippen LogP contribution is 2.15. The Kier molecular flexibility index (Phi) is 3.39. The number of benzene rings is 1. The lowest BCUT2D eigenvalue weighted by Gasteiger charge is -2.38. The lowest BCUT2D eigenvalue weighted by molar-refractivity contribution is 0.0551. The van der Waals surface area contributed by atoms with Gasteiger partial charge >= 0.3 is 0 Å². The van der Waals surface area contributed by atoms with E-state index in [1.165, 1.54) is 11.1 Å². The molecule has 2 heteroatoms. The van der Waals surface area contributed by atoms with Crippen LogP contribution in [0.4, 0.5) is 0 Å². The smallest absolute Gasteiger partial charge is 0.0483 e. The molecule has 0 bridgehead atoms. The van der Waals surface area contributed by atoms with Gasteiger partial charge in [0.1, 0.15) is 0 Å². The quantitative estimate of drug-likeness (QED) is 0.804. The van der Waals surface area contributed by atoms with Crippen LogP contribution in [0.1, 0.15) is 11.1 Å². The van der Waals surface area contributed by atoms with Crippen molar-refractivity contribution in [3.8, 4) is 0 Å². The predicted molar refractivity (Wildman–Crippen MR) is 61.9 cm³/mol. The maximum atomic E-state index is 8.90. The molecule has 0 unspecified atom stereocenters. The molecular weight excluding hydrogens is 186 g/mol. The van der Waals surface area contributed by atoms with E-state index in [0.717, 1.165) is 26.1 Å². The van der Waals surface area contributed by atoms with Gasteiger partial charge in [0.15, 0.2) is 0 Å². The molecule has 1 fully saturated rings. The SMILES string of the molecule is Cc1cccc(CCN2CC(CO)C2)c1. The summed E-state index contributed by atoms with van der Waals surface area (Å²) in [7, 11) is 0. The fourth-order valence-electron chi connectivity index (χ4n) is 2.13. The van der Waals surface area contributed by atoms with E-state index >= 15 is 0 Å². The first kappa shape index (κ1) is 10.7. The van der Waals surface area contributed by atoms with Crippen molar-refractivity contribution in [2.24, 2.45) is 5.92 Å². The van der Waals surface area contributed by atoms with Crippen LogP contribution < -0.4 is 0 Å². The van der Waals surface area contributed by atoms with Crippen LogP contribution in [0.3, 0.4) is 0 Å². The summed E-state index contributed by atoms with van der Waals surface area (Å²) in [5.74, 6) is 0.530. The summed E-state index contributed by atoms with van der Waals surface area (Å²) in [5, 5.41) is 8.90. The topological polar surface area (TPSA) is 23.5 Å². The summed E-state index contributed by atoms with van der Waals surface area (Å²) in [4.78, 5) is 2.41. The van der Waals surface area contributed by atoms with Crippen molar-refractivity contribution in [3.63, 3.8) is 0 Å². The third kappa shape index (κ3) is 2.80. The van der Waals surface area contributed by atoms with E-state index < -0.39 is 0 Å². The molecule has 2 rings (SSSR count). The van der Waals surface area contributed by atoms with Gasteiger partial charge in [0, 0.05) is 32.2 Å². The molecule has 0 saturated carbocycles. The van der Waals surface area contributed by atoms with Gasteiger partial charge in [-0.15, -0.1) is 0 Å². The van der Waals surface area contributed by atoms with Crippen molar-refractivity contribution in [3.05, 3.63) is 35.4 Å². The highest BCUT2D eigenvalue weighted by atomic mass is 16.3. The van der Waals surface area contributed by atoms with Crippen LogP contribution in [0.25, 0.3) is 0 Å². The van der Waals surface area contributed by atoms with E-state index in [-0.39, 0.29) is 0 Å². The number of aliphatic hydroxyl groups is 1. The van der Waals surface area contributed by atoms with Gasteiger partial charge in [-0.25, -0.2) is 0 Å². The summed E-state index contributed by atoms with van der Waals surface area (Å²) in [6.45, 7) is 5.75. The normalized spacial score (nSPS) is 17.7. The third-order valence-corrected chi connectivity index (χ3v) is 3.09. The second-order valence-electron chi connectivity index (χ2n) is 4.55. The minimum atomic E-state index is 0.348.